The van der Waals surface area contributed by atoms with E-state index >= 15 is 0 Å². The molecule has 0 saturated heterocycles. The molecule has 6 nitrogen and oxygen atoms in total. The molecule has 23 heavy (non-hydrogen) atoms. The van der Waals surface area contributed by atoms with Crippen molar-refractivity contribution in [3.63, 3.8) is 0 Å². The molecule has 0 heterocycles. The molecule has 0 spiro atoms. The second kappa shape index (κ2) is 9.74. The van der Waals surface area contributed by atoms with Gasteiger partial charge in [-0.3, -0.25) is 4.79 Å². The van der Waals surface area contributed by atoms with Gasteiger partial charge in [-0.1, -0.05) is 51.1 Å². The maximum Gasteiger partial charge on any atom is 0.414 e. The van der Waals surface area contributed by atoms with E-state index in [1.54, 1.807) is 0 Å². The fourth-order valence-corrected chi connectivity index (χ4v) is 1.86. The first-order chi connectivity index (χ1) is 10.6. The largest absolute Gasteiger partial charge is 0.473 e. The molecule has 1 unspecified atom stereocenters. The molecule has 1 aromatic rings. The van der Waals surface area contributed by atoms with Gasteiger partial charge in [0.05, 0.1) is 0 Å². The van der Waals surface area contributed by atoms with Gasteiger partial charge in [-0.05, 0) is 18.4 Å². The lowest BCUT2D eigenvalue weighted by Crippen LogP contribution is -2.33. The van der Waals surface area contributed by atoms with E-state index in [2.05, 4.69) is 12.1 Å². The number of aliphatic carboxylic acids is 2. The minimum Gasteiger partial charge on any atom is -0.473 e. The van der Waals surface area contributed by atoms with Gasteiger partial charge in [0.25, 0.3) is 0 Å². The van der Waals surface area contributed by atoms with E-state index in [0.717, 1.165) is 12.8 Å². The monoisotopic (exact) mass is 323 g/mol. The Morgan fingerprint density at radius 1 is 1.09 bits per heavy atom. The van der Waals surface area contributed by atoms with Crippen molar-refractivity contribution in [3.05, 3.63) is 35.9 Å². The van der Waals surface area contributed by atoms with Crippen LogP contribution < -0.4 is 5.73 Å². The second-order valence-electron chi connectivity index (χ2n) is 5.95. The van der Waals surface area contributed by atoms with E-state index in [1.165, 1.54) is 5.56 Å². The van der Waals surface area contributed by atoms with Gasteiger partial charge in [0.1, 0.15) is 5.78 Å². The number of ketones is 1. The van der Waals surface area contributed by atoms with Crippen LogP contribution in [-0.2, 0) is 20.8 Å². The summed E-state index contributed by atoms with van der Waals surface area (Å²) in [4.78, 5) is 30.4. The molecule has 0 aliphatic rings. The van der Waals surface area contributed by atoms with Crippen LogP contribution in [0.4, 0.5) is 0 Å². The van der Waals surface area contributed by atoms with Gasteiger partial charge < -0.3 is 15.9 Å². The van der Waals surface area contributed by atoms with Crippen LogP contribution in [0.25, 0.3) is 0 Å². The highest BCUT2D eigenvalue weighted by atomic mass is 16.4. The Balaban J connectivity index is 0.000000688. The van der Waals surface area contributed by atoms with E-state index in [1.807, 2.05) is 39.0 Å². The van der Waals surface area contributed by atoms with Crippen molar-refractivity contribution in [2.45, 2.75) is 46.1 Å². The van der Waals surface area contributed by atoms with Gasteiger partial charge in [0.15, 0.2) is 0 Å². The van der Waals surface area contributed by atoms with E-state index in [4.69, 9.17) is 25.5 Å². The molecule has 128 valence electrons. The zero-order valence-electron chi connectivity index (χ0n) is 13.8. The predicted molar refractivity (Wildman–Crippen MR) is 87.1 cm³/mol. The first-order valence-corrected chi connectivity index (χ1v) is 7.39. The van der Waals surface area contributed by atoms with Crippen molar-refractivity contribution < 1.29 is 24.6 Å². The molecule has 0 amide bonds. The summed E-state index contributed by atoms with van der Waals surface area (Å²) in [5.74, 6) is -3.39. The quantitative estimate of drug-likeness (QED) is 0.690. The third kappa shape index (κ3) is 8.73. The fourth-order valence-electron chi connectivity index (χ4n) is 1.86. The summed E-state index contributed by atoms with van der Waals surface area (Å²) in [6.45, 7) is 6.03. The van der Waals surface area contributed by atoms with Crippen molar-refractivity contribution in [3.8, 4) is 0 Å². The molecule has 6 heteroatoms. The van der Waals surface area contributed by atoms with Gasteiger partial charge >= 0.3 is 11.9 Å². The number of carboxylic acid groups (broad SMARTS) is 2. The number of benzene rings is 1. The van der Waals surface area contributed by atoms with Crippen molar-refractivity contribution in [2.24, 2.45) is 11.1 Å². The summed E-state index contributed by atoms with van der Waals surface area (Å²) in [6.07, 6.45) is 2.12. The Morgan fingerprint density at radius 2 is 1.57 bits per heavy atom. The third-order valence-corrected chi connectivity index (χ3v) is 3.40. The molecule has 1 aromatic carbocycles. The lowest BCUT2D eigenvalue weighted by molar-refractivity contribution is -0.159. The maximum absolute atomic E-state index is 12.2. The lowest BCUT2D eigenvalue weighted by Gasteiger charge is -2.24. The van der Waals surface area contributed by atoms with E-state index in [0.29, 0.717) is 6.42 Å². The van der Waals surface area contributed by atoms with Gasteiger partial charge in [-0.25, -0.2) is 9.59 Å². The minimum absolute atomic E-state index is 0.00227. The van der Waals surface area contributed by atoms with Crippen molar-refractivity contribution in [2.75, 3.05) is 0 Å². The van der Waals surface area contributed by atoms with Crippen LogP contribution in [0.2, 0.25) is 0 Å². The van der Waals surface area contributed by atoms with Crippen LogP contribution in [0.3, 0.4) is 0 Å². The van der Waals surface area contributed by atoms with Crippen molar-refractivity contribution in [1.29, 1.82) is 0 Å². The maximum atomic E-state index is 12.2. The molecule has 0 aromatic heterocycles. The molecular formula is C17H25NO5. The van der Waals surface area contributed by atoms with Crippen molar-refractivity contribution >= 4 is 17.7 Å². The van der Waals surface area contributed by atoms with Crippen molar-refractivity contribution in [1.82, 2.24) is 0 Å². The number of rotatable bonds is 6. The van der Waals surface area contributed by atoms with E-state index in [9.17, 15) is 4.79 Å². The predicted octanol–water partition coefficient (Wildman–Crippen LogP) is 2.11. The van der Waals surface area contributed by atoms with Crippen LogP contribution in [-0.4, -0.2) is 34.0 Å². The van der Waals surface area contributed by atoms with Crippen LogP contribution in [0, 0.1) is 5.41 Å². The number of hydrogen-bond donors (Lipinski definition) is 3. The average molecular weight is 323 g/mol. The van der Waals surface area contributed by atoms with Gasteiger partial charge in [0, 0.05) is 17.9 Å². The summed E-state index contributed by atoms with van der Waals surface area (Å²) in [5.41, 5.74) is 6.72. The number of Topliss-reactive ketones (excluding diaryl/α,β-unsaturated/α-hetero) is 1. The first kappa shape index (κ1) is 20.8. The Kier molecular flexibility index (Phi) is 8.80. The number of carbonyl (C=O) groups excluding carboxylic acids is 1. The second-order valence-corrected chi connectivity index (χ2v) is 5.95. The highest BCUT2D eigenvalue weighted by molar-refractivity contribution is 6.27. The summed E-state index contributed by atoms with van der Waals surface area (Å²) >= 11 is 0. The van der Waals surface area contributed by atoms with Crippen LogP contribution in [0.1, 0.15) is 39.2 Å². The topological polar surface area (TPSA) is 118 Å². The zero-order valence-corrected chi connectivity index (χ0v) is 13.8. The van der Waals surface area contributed by atoms with Crippen LogP contribution in [0.5, 0.6) is 0 Å². The molecule has 0 saturated carbocycles. The summed E-state index contributed by atoms with van der Waals surface area (Å²) in [6, 6.07) is 10.1. The highest BCUT2D eigenvalue weighted by Crippen LogP contribution is 2.25. The van der Waals surface area contributed by atoms with Gasteiger partial charge in [-0.15, -0.1) is 0 Å². The number of carboxylic acids is 2. The SMILES string of the molecule is CCC(N)CC(=O)C(C)(C)Cc1ccccc1.O=C(O)C(=O)O. The van der Waals surface area contributed by atoms with E-state index in [-0.39, 0.29) is 17.2 Å². The third-order valence-electron chi connectivity index (χ3n) is 3.40. The Labute approximate surface area is 136 Å². The minimum atomic E-state index is -1.82. The summed E-state index contributed by atoms with van der Waals surface area (Å²) < 4.78 is 0. The molecule has 0 aliphatic carbocycles. The summed E-state index contributed by atoms with van der Waals surface area (Å²) in [5, 5.41) is 14.8. The van der Waals surface area contributed by atoms with Crippen LogP contribution in [0.15, 0.2) is 30.3 Å². The molecule has 4 N–H and O–H groups in total. The molecule has 0 aliphatic heterocycles. The molecule has 0 bridgehead atoms. The molecule has 0 fully saturated rings. The Hall–Kier alpha value is -2.21. The number of hydrogen-bond acceptors (Lipinski definition) is 4. The number of nitrogens with two attached hydrogens (primary N) is 1. The Bertz CT molecular complexity index is 513. The smallest absolute Gasteiger partial charge is 0.414 e. The first-order valence-electron chi connectivity index (χ1n) is 7.39. The lowest BCUT2D eigenvalue weighted by atomic mass is 9.79. The van der Waals surface area contributed by atoms with E-state index < -0.39 is 11.9 Å². The highest BCUT2D eigenvalue weighted by Gasteiger charge is 2.28. The molecule has 1 atom stereocenters. The summed E-state index contributed by atoms with van der Waals surface area (Å²) in [7, 11) is 0. The standard InChI is InChI=1S/C15H23NO.C2H2O4/c1-4-13(16)10-14(17)15(2,3)11-12-8-6-5-7-9-12;3-1(4)2(5)6/h5-9,13H,4,10-11,16H2,1-3H3;(H,3,4)(H,5,6). The Morgan fingerprint density at radius 3 is 1.96 bits per heavy atom. The number of carbonyl (C=O) groups is 3. The molecule has 1 rings (SSSR count). The van der Waals surface area contributed by atoms with Crippen LogP contribution >= 0.6 is 0 Å². The van der Waals surface area contributed by atoms with Gasteiger partial charge in [-0.2, -0.15) is 0 Å². The molecular weight excluding hydrogens is 298 g/mol. The normalized spacial score (nSPS) is 11.8. The molecule has 0 radical (unpaired) electrons. The fraction of sp³-hybridized carbons (Fsp3) is 0.471. The van der Waals surface area contributed by atoms with Gasteiger partial charge in [0.2, 0.25) is 0 Å². The zero-order chi connectivity index (χ0) is 18.0. The average Bonchev–Trinajstić information content (AvgIpc) is 2.48.